The van der Waals surface area contributed by atoms with Crippen LogP contribution in [0.2, 0.25) is 0 Å². The van der Waals surface area contributed by atoms with Gasteiger partial charge in [-0.1, -0.05) is 31.7 Å². The average Bonchev–Trinajstić information content (AvgIpc) is 2.92. The second kappa shape index (κ2) is 9.90. The van der Waals surface area contributed by atoms with E-state index in [0.29, 0.717) is 22.9 Å². The molecule has 33 heavy (non-hydrogen) atoms. The number of amides is 2. The van der Waals surface area contributed by atoms with Crippen LogP contribution in [0.5, 0.6) is 11.5 Å². The van der Waals surface area contributed by atoms with Crippen LogP contribution in [-0.2, 0) is 9.59 Å². The summed E-state index contributed by atoms with van der Waals surface area (Å²) in [6.07, 6.45) is 5.02. The van der Waals surface area contributed by atoms with Gasteiger partial charge in [0.25, 0.3) is 0 Å². The van der Waals surface area contributed by atoms with Gasteiger partial charge in [0.1, 0.15) is 12.4 Å². The Morgan fingerprint density at radius 1 is 1.39 bits per heavy atom. The Balaban J connectivity index is 1.68. The van der Waals surface area contributed by atoms with Gasteiger partial charge in [0, 0.05) is 24.9 Å². The van der Waals surface area contributed by atoms with Gasteiger partial charge in [-0.05, 0) is 56.5 Å². The Bertz CT molecular complexity index is 1090. The fraction of sp³-hybridized carbons (Fsp3) is 0.346. The van der Waals surface area contributed by atoms with E-state index in [9.17, 15) is 9.59 Å². The van der Waals surface area contributed by atoms with Gasteiger partial charge in [0.2, 0.25) is 11.8 Å². The third-order valence-electron chi connectivity index (χ3n) is 5.61. The van der Waals surface area contributed by atoms with E-state index >= 15 is 0 Å². The summed E-state index contributed by atoms with van der Waals surface area (Å²) in [6, 6.07) is 9.43. The largest absolute Gasteiger partial charge is 0.489 e. The number of likely N-dealkylation sites (N-methyl/N-ethyl adjacent to an activating group) is 1. The van der Waals surface area contributed by atoms with Crippen LogP contribution in [0.3, 0.4) is 0 Å². The lowest BCUT2D eigenvalue weighted by Gasteiger charge is -2.26. The Hall–Kier alpha value is -3.61. The number of aromatic nitrogens is 1. The average molecular weight is 450 g/mol. The molecule has 0 fully saturated rings. The number of benzene rings is 1. The molecule has 1 N–H and O–H groups in total. The molecule has 2 amide bonds. The zero-order valence-corrected chi connectivity index (χ0v) is 19.8. The number of para-hydroxylation sites is 1. The van der Waals surface area contributed by atoms with Crippen LogP contribution in [0.4, 0.5) is 5.82 Å². The second-order valence-electron chi connectivity index (χ2n) is 8.69. The molecule has 7 heteroatoms. The van der Waals surface area contributed by atoms with Crippen molar-refractivity contribution in [2.75, 3.05) is 19.0 Å². The summed E-state index contributed by atoms with van der Waals surface area (Å²) in [5.41, 5.74) is 1.94. The van der Waals surface area contributed by atoms with Crippen molar-refractivity contribution in [1.29, 1.82) is 0 Å². The molecule has 0 aliphatic carbocycles. The topological polar surface area (TPSA) is 80.8 Å². The van der Waals surface area contributed by atoms with Crippen LogP contribution in [0.25, 0.3) is 11.6 Å². The van der Waals surface area contributed by atoms with Gasteiger partial charge in [-0.2, -0.15) is 0 Å². The molecule has 0 saturated heterocycles. The molecule has 1 unspecified atom stereocenters. The van der Waals surface area contributed by atoms with E-state index in [-0.39, 0.29) is 18.4 Å². The van der Waals surface area contributed by atoms with Crippen molar-refractivity contribution in [1.82, 2.24) is 9.88 Å². The Labute approximate surface area is 195 Å². The van der Waals surface area contributed by atoms with Crippen LogP contribution in [0.1, 0.15) is 45.2 Å². The number of anilines is 1. The highest BCUT2D eigenvalue weighted by atomic mass is 16.5. The Morgan fingerprint density at radius 3 is 2.85 bits per heavy atom. The molecular formula is C26H31N3O4. The maximum absolute atomic E-state index is 12.7. The Morgan fingerprint density at radius 2 is 2.12 bits per heavy atom. The van der Waals surface area contributed by atoms with E-state index in [0.717, 1.165) is 17.6 Å². The van der Waals surface area contributed by atoms with E-state index in [2.05, 4.69) is 16.9 Å². The summed E-state index contributed by atoms with van der Waals surface area (Å²) in [5.74, 6) is 1.17. The fourth-order valence-corrected chi connectivity index (χ4v) is 3.13. The first-order valence-electron chi connectivity index (χ1n) is 11.0. The molecule has 1 aromatic carbocycles. The summed E-state index contributed by atoms with van der Waals surface area (Å²) >= 11 is 0. The van der Waals surface area contributed by atoms with Gasteiger partial charge >= 0.3 is 0 Å². The summed E-state index contributed by atoms with van der Waals surface area (Å²) in [5, 5.41) is 2.78. The zero-order valence-electron chi connectivity index (χ0n) is 19.8. The van der Waals surface area contributed by atoms with E-state index < -0.39 is 11.6 Å². The van der Waals surface area contributed by atoms with E-state index in [4.69, 9.17) is 9.47 Å². The number of allylic oxidation sites excluding steroid dienone is 1. The van der Waals surface area contributed by atoms with Crippen molar-refractivity contribution >= 4 is 29.3 Å². The Kier molecular flexibility index (Phi) is 7.21. The number of hydrogen-bond donors (Lipinski definition) is 1. The lowest BCUT2D eigenvalue weighted by Crippen LogP contribution is -2.37. The molecule has 174 valence electrons. The molecule has 0 spiro atoms. The number of carbonyl (C=O) groups excluding carboxylic acids is 2. The first-order chi connectivity index (χ1) is 15.6. The lowest BCUT2D eigenvalue weighted by atomic mass is 9.94. The number of fused-ring (bicyclic) bond motifs is 1. The van der Waals surface area contributed by atoms with Gasteiger partial charge in [0.15, 0.2) is 17.8 Å². The minimum Gasteiger partial charge on any atom is -0.489 e. The number of pyridine rings is 1. The normalized spacial score (nSPS) is 15.6. The van der Waals surface area contributed by atoms with E-state index in [1.165, 1.54) is 11.0 Å². The maximum atomic E-state index is 12.7. The van der Waals surface area contributed by atoms with E-state index in [1.807, 2.05) is 52.0 Å². The molecule has 2 heterocycles. The zero-order chi connectivity index (χ0) is 24.2. The molecule has 3 rings (SSSR count). The van der Waals surface area contributed by atoms with Crippen molar-refractivity contribution < 1.29 is 19.1 Å². The lowest BCUT2D eigenvalue weighted by molar-refractivity contribution is -0.131. The van der Waals surface area contributed by atoms with Crippen LogP contribution in [0.15, 0.2) is 49.2 Å². The number of nitrogens with one attached hydrogen (secondary N) is 1. The van der Waals surface area contributed by atoms with Gasteiger partial charge in [-0.25, -0.2) is 4.98 Å². The summed E-state index contributed by atoms with van der Waals surface area (Å²) in [6.45, 7) is 11.8. The SMILES string of the molecule is C=C(CC)c1ccccc1OC(C)N(C)C(=O)/C=C/c1cnc2c(c1)OCC(C)(C)C(=O)N2. The quantitative estimate of drug-likeness (QED) is 0.487. The van der Waals surface area contributed by atoms with Crippen molar-refractivity contribution in [3.8, 4) is 11.5 Å². The van der Waals surface area contributed by atoms with E-state index in [1.54, 1.807) is 25.4 Å². The molecule has 1 aliphatic heterocycles. The highest BCUT2D eigenvalue weighted by Crippen LogP contribution is 2.31. The third-order valence-corrected chi connectivity index (χ3v) is 5.61. The first-order valence-corrected chi connectivity index (χ1v) is 11.0. The van der Waals surface area contributed by atoms with Crippen molar-refractivity contribution in [2.45, 2.75) is 40.3 Å². The molecule has 2 aromatic rings. The standard InChI is InChI=1S/C26H31N3O4/c1-7-17(2)20-10-8-9-11-21(20)33-18(3)29(6)23(30)13-12-19-14-22-24(27-15-19)28-25(31)26(4,5)16-32-22/h8-15,18H,2,7,16H2,1,3-6H3,(H,27,28,31)/b13-12+. The number of ether oxygens (including phenoxy) is 2. The molecular weight excluding hydrogens is 418 g/mol. The van der Waals surface area contributed by atoms with Crippen molar-refractivity contribution in [3.63, 3.8) is 0 Å². The van der Waals surface area contributed by atoms with Gasteiger partial charge < -0.3 is 19.7 Å². The highest BCUT2D eigenvalue weighted by molar-refractivity contribution is 5.96. The first kappa shape index (κ1) is 24.0. The molecule has 7 nitrogen and oxygen atoms in total. The van der Waals surface area contributed by atoms with Crippen LogP contribution < -0.4 is 14.8 Å². The monoisotopic (exact) mass is 449 g/mol. The smallest absolute Gasteiger partial charge is 0.249 e. The number of nitrogens with zero attached hydrogens (tertiary/aromatic N) is 2. The van der Waals surface area contributed by atoms with Crippen LogP contribution in [-0.4, -0.2) is 41.6 Å². The second-order valence-corrected chi connectivity index (χ2v) is 8.69. The molecule has 0 radical (unpaired) electrons. The van der Waals surface area contributed by atoms with Crippen molar-refractivity contribution in [3.05, 3.63) is 60.3 Å². The number of hydrogen-bond acceptors (Lipinski definition) is 5. The summed E-state index contributed by atoms with van der Waals surface area (Å²) in [7, 11) is 1.69. The number of rotatable bonds is 7. The molecule has 0 saturated carbocycles. The van der Waals surface area contributed by atoms with Gasteiger partial charge in [-0.3, -0.25) is 9.59 Å². The summed E-state index contributed by atoms with van der Waals surface area (Å²) < 4.78 is 11.8. The predicted octanol–water partition coefficient (Wildman–Crippen LogP) is 4.76. The molecule has 1 atom stereocenters. The minimum atomic E-state index is -0.659. The fourth-order valence-electron chi connectivity index (χ4n) is 3.13. The van der Waals surface area contributed by atoms with Crippen LogP contribution in [0, 0.1) is 5.41 Å². The van der Waals surface area contributed by atoms with Crippen LogP contribution >= 0.6 is 0 Å². The molecule has 1 aromatic heterocycles. The maximum Gasteiger partial charge on any atom is 0.249 e. The minimum absolute atomic E-state index is 0.146. The van der Waals surface area contributed by atoms with Gasteiger partial charge in [-0.15, -0.1) is 0 Å². The van der Waals surface area contributed by atoms with Gasteiger partial charge in [0.05, 0.1) is 5.41 Å². The summed E-state index contributed by atoms with van der Waals surface area (Å²) in [4.78, 5) is 30.7. The number of carbonyl (C=O) groups is 2. The molecule has 0 bridgehead atoms. The molecule has 1 aliphatic rings. The van der Waals surface area contributed by atoms with Crippen molar-refractivity contribution in [2.24, 2.45) is 5.41 Å². The third kappa shape index (κ3) is 5.61. The highest BCUT2D eigenvalue weighted by Gasteiger charge is 2.32. The predicted molar refractivity (Wildman–Crippen MR) is 130 cm³/mol.